The van der Waals surface area contributed by atoms with Gasteiger partial charge in [-0.15, -0.1) is 0 Å². The first kappa shape index (κ1) is 23.2. The minimum Gasteiger partial charge on any atom is -0.365 e. The van der Waals surface area contributed by atoms with Gasteiger partial charge in [0.25, 0.3) is 0 Å². The average Bonchev–Trinajstić information content (AvgIpc) is 3.54. The van der Waals surface area contributed by atoms with E-state index in [4.69, 9.17) is 4.98 Å². The second-order valence-corrected chi connectivity index (χ2v) is 8.82. The van der Waals surface area contributed by atoms with E-state index in [0.717, 1.165) is 16.8 Å². The molecule has 1 aliphatic rings. The summed E-state index contributed by atoms with van der Waals surface area (Å²) in [7, 11) is 0. The molecule has 5 rings (SSSR count). The largest absolute Gasteiger partial charge is 0.365 e. The molecule has 182 valence electrons. The van der Waals surface area contributed by atoms with Crippen molar-refractivity contribution in [1.82, 2.24) is 29.7 Å². The second kappa shape index (κ2) is 8.88. The summed E-state index contributed by atoms with van der Waals surface area (Å²) in [5.74, 6) is -0.0881. The first-order valence-corrected chi connectivity index (χ1v) is 11.4. The summed E-state index contributed by atoms with van der Waals surface area (Å²) in [4.78, 5) is 30.2. The van der Waals surface area contributed by atoms with E-state index in [1.165, 1.54) is 18.5 Å². The van der Waals surface area contributed by atoms with Crippen LogP contribution < -0.4 is 10.2 Å². The normalized spacial score (nSPS) is 17.4. The zero-order chi connectivity index (χ0) is 25.6. The molecule has 4 aromatic rings. The number of fused-ring (bicyclic) bond motifs is 1. The van der Waals surface area contributed by atoms with E-state index in [0.29, 0.717) is 29.3 Å². The number of halogens is 1. The molecule has 10 nitrogen and oxygen atoms in total. The number of anilines is 1. The first-order chi connectivity index (χ1) is 17.2. The molecule has 11 heteroatoms. The van der Waals surface area contributed by atoms with Crippen LogP contribution in [0, 0.1) is 18.3 Å². The lowest BCUT2D eigenvalue weighted by molar-refractivity contribution is -0.119. The van der Waals surface area contributed by atoms with Gasteiger partial charge in [0, 0.05) is 24.7 Å². The van der Waals surface area contributed by atoms with Gasteiger partial charge in [-0.05, 0) is 44.2 Å². The second-order valence-electron chi connectivity index (χ2n) is 8.82. The Kier molecular flexibility index (Phi) is 5.72. The fourth-order valence-electron chi connectivity index (χ4n) is 4.51. The quantitative estimate of drug-likeness (QED) is 0.431. The zero-order valence-electron chi connectivity index (χ0n) is 19.9. The summed E-state index contributed by atoms with van der Waals surface area (Å²) in [6, 6.07) is 10.3. The van der Waals surface area contributed by atoms with Gasteiger partial charge in [0.05, 0.1) is 47.4 Å². The Labute approximate surface area is 206 Å². The van der Waals surface area contributed by atoms with E-state index in [1.807, 2.05) is 29.3 Å². The summed E-state index contributed by atoms with van der Waals surface area (Å²) in [5, 5.41) is 20.6. The van der Waals surface area contributed by atoms with Gasteiger partial charge in [0.15, 0.2) is 17.3 Å². The molecule has 36 heavy (non-hydrogen) atoms. The number of hydrogen-bond acceptors (Lipinski definition) is 7. The number of carbonyl (C=O) groups excluding carboxylic acids is 2. The number of nitrogens with one attached hydrogen (secondary N) is 1. The van der Waals surface area contributed by atoms with E-state index < -0.39 is 12.2 Å². The van der Waals surface area contributed by atoms with Crippen LogP contribution in [0.5, 0.6) is 0 Å². The van der Waals surface area contributed by atoms with Gasteiger partial charge in [0.1, 0.15) is 12.2 Å². The van der Waals surface area contributed by atoms with Crippen LogP contribution in [0.3, 0.4) is 0 Å². The molecule has 0 bridgehead atoms. The molecule has 1 saturated heterocycles. The van der Waals surface area contributed by atoms with Crippen LogP contribution in [0.15, 0.2) is 42.7 Å². The van der Waals surface area contributed by atoms with Crippen molar-refractivity contribution in [2.24, 2.45) is 0 Å². The molecule has 0 unspecified atom stereocenters. The van der Waals surface area contributed by atoms with E-state index in [9.17, 15) is 19.2 Å². The molecule has 0 aromatic carbocycles. The van der Waals surface area contributed by atoms with Crippen molar-refractivity contribution in [3.8, 4) is 23.1 Å². The van der Waals surface area contributed by atoms with Crippen molar-refractivity contribution in [3.05, 3.63) is 59.7 Å². The van der Waals surface area contributed by atoms with Crippen LogP contribution in [0.2, 0.25) is 0 Å². The molecule has 0 saturated carbocycles. The van der Waals surface area contributed by atoms with Crippen molar-refractivity contribution in [2.45, 2.75) is 33.0 Å². The average molecular weight is 487 g/mol. The topological polar surface area (TPSA) is 121 Å². The van der Waals surface area contributed by atoms with E-state index in [2.05, 4.69) is 15.5 Å². The number of Topliss-reactive ketones (excluding diaryl/α,β-unsaturated/α-hetero) is 1. The van der Waals surface area contributed by atoms with Crippen LogP contribution in [-0.2, 0) is 4.79 Å². The lowest BCUT2D eigenvalue weighted by Crippen LogP contribution is -2.40. The fourth-order valence-corrected chi connectivity index (χ4v) is 4.51. The summed E-state index contributed by atoms with van der Waals surface area (Å²) in [5.41, 5.74) is 4.18. The first-order valence-electron chi connectivity index (χ1n) is 11.4. The standard InChI is InChI=1S/C25H23FN8O2/c1-14-8-17(9-27)31-34(14)25-19(15(2)35)5-6-22(30-25)20-10-28-33-11-18(4-7-24(20)33)32-12-21(26)23(13-32)29-16(3)36/h4-8,10-11,21,23H,12-13H2,1-3H3,(H,29,36)/t21-,23-/m0/s1. The number of aromatic nitrogens is 5. The third kappa shape index (κ3) is 4.07. The van der Waals surface area contributed by atoms with Crippen LogP contribution in [0.25, 0.3) is 22.6 Å². The number of rotatable bonds is 5. The van der Waals surface area contributed by atoms with Gasteiger partial charge >= 0.3 is 0 Å². The Morgan fingerprint density at radius 1 is 1.19 bits per heavy atom. The molecule has 1 N–H and O–H groups in total. The van der Waals surface area contributed by atoms with E-state index in [-0.39, 0.29) is 23.9 Å². The maximum absolute atomic E-state index is 14.4. The highest BCUT2D eigenvalue weighted by Crippen LogP contribution is 2.29. The minimum absolute atomic E-state index is 0.170. The molecule has 0 spiro atoms. The predicted octanol–water partition coefficient (Wildman–Crippen LogP) is 2.63. The molecule has 0 radical (unpaired) electrons. The SMILES string of the molecule is CC(=O)N[C@H]1CN(c2ccc3c(-c4ccc(C(C)=O)c(-n5nc(C#N)cc5C)n4)cnn3c2)C[C@@H]1F. The Balaban J connectivity index is 1.51. The lowest BCUT2D eigenvalue weighted by atomic mass is 10.1. The van der Waals surface area contributed by atoms with Crippen molar-refractivity contribution in [3.63, 3.8) is 0 Å². The number of carbonyl (C=O) groups is 2. The molecule has 5 heterocycles. The lowest BCUT2D eigenvalue weighted by Gasteiger charge is -2.18. The van der Waals surface area contributed by atoms with Gasteiger partial charge in [0.2, 0.25) is 5.91 Å². The minimum atomic E-state index is -1.16. The predicted molar refractivity (Wildman–Crippen MR) is 130 cm³/mol. The molecule has 0 aliphatic carbocycles. The summed E-state index contributed by atoms with van der Waals surface area (Å²) >= 11 is 0. The highest BCUT2D eigenvalue weighted by Gasteiger charge is 2.33. The molecule has 1 amide bonds. The van der Waals surface area contributed by atoms with E-state index in [1.54, 1.807) is 35.8 Å². The van der Waals surface area contributed by atoms with Crippen molar-refractivity contribution >= 4 is 22.9 Å². The van der Waals surface area contributed by atoms with Crippen LogP contribution >= 0.6 is 0 Å². The number of alkyl halides is 1. The molecule has 1 fully saturated rings. The van der Waals surface area contributed by atoms with Gasteiger partial charge in [-0.3, -0.25) is 9.59 Å². The number of pyridine rings is 2. The maximum Gasteiger partial charge on any atom is 0.217 e. The van der Waals surface area contributed by atoms with Crippen molar-refractivity contribution < 1.29 is 14.0 Å². The van der Waals surface area contributed by atoms with Gasteiger partial charge in [-0.1, -0.05) is 0 Å². The number of amides is 1. The van der Waals surface area contributed by atoms with E-state index >= 15 is 0 Å². The number of aryl methyl sites for hydroxylation is 1. The molecule has 1 aliphatic heterocycles. The van der Waals surface area contributed by atoms with Gasteiger partial charge < -0.3 is 10.2 Å². The van der Waals surface area contributed by atoms with Crippen LogP contribution in [-0.4, -0.2) is 61.4 Å². The Bertz CT molecular complexity index is 1550. The summed E-state index contributed by atoms with van der Waals surface area (Å²) < 4.78 is 17.6. The maximum atomic E-state index is 14.4. The molecular formula is C25H23FN8O2. The molecule has 4 aromatic heterocycles. The molecular weight excluding hydrogens is 463 g/mol. The van der Waals surface area contributed by atoms with Crippen molar-refractivity contribution in [2.75, 3.05) is 18.0 Å². The van der Waals surface area contributed by atoms with Gasteiger partial charge in [-0.25, -0.2) is 18.6 Å². The highest BCUT2D eigenvalue weighted by molar-refractivity contribution is 5.97. The highest BCUT2D eigenvalue weighted by atomic mass is 19.1. The zero-order valence-corrected chi connectivity index (χ0v) is 19.9. The Morgan fingerprint density at radius 3 is 2.69 bits per heavy atom. The molecule has 2 atom stereocenters. The van der Waals surface area contributed by atoms with Crippen LogP contribution in [0.1, 0.15) is 35.6 Å². The summed E-state index contributed by atoms with van der Waals surface area (Å²) in [6.45, 7) is 5.17. The number of ketones is 1. The Morgan fingerprint density at radius 2 is 2.00 bits per heavy atom. The fraction of sp³-hybridized carbons (Fsp3) is 0.280. The number of hydrogen-bond donors (Lipinski definition) is 1. The van der Waals surface area contributed by atoms with Crippen LogP contribution in [0.4, 0.5) is 10.1 Å². The smallest absolute Gasteiger partial charge is 0.217 e. The third-order valence-electron chi connectivity index (χ3n) is 6.24. The number of nitrogens with zero attached hydrogens (tertiary/aromatic N) is 7. The third-order valence-corrected chi connectivity index (χ3v) is 6.24. The monoisotopic (exact) mass is 486 g/mol. The Hall–Kier alpha value is -4.59. The van der Waals surface area contributed by atoms with Gasteiger partial charge in [-0.2, -0.15) is 15.5 Å². The van der Waals surface area contributed by atoms with Crippen molar-refractivity contribution in [1.29, 1.82) is 5.26 Å². The number of nitriles is 1. The summed E-state index contributed by atoms with van der Waals surface area (Å²) in [6.07, 6.45) is 2.33.